The first-order chi connectivity index (χ1) is 8.97. The fraction of sp³-hybridized carbons (Fsp3) is 1.00. The van der Waals surface area contributed by atoms with Gasteiger partial charge < -0.3 is 10.6 Å². The first kappa shape index (κ1) is 15.3. The summed E-state index contributed by atoms with van der Waals surface area (Å²) in [5.74, 6) is 2.71. The maximum Gasteiger partial charge on any atom is 0.00699 e. The topological polar surface area (TPSA) is 24.1 Å². The molecule has 0 aromatic rings. The van der Waals surface area contributed by atoms with Crippen molar-refractivity contribution in [1.29, 1.82) is 0 Å². The van der Waals surface area contributed by atoms with Crippen LogP contribution >= 0.6 is 0 Å². The summed E-state index contributed by atoms with van der Waals surface area (Å²) in [5.41, 5.74) is 0.471. The van der Waals surface area contributed by atoms with Gasteiger partial charge in [-0.15, -0.1) is 0 Å². The third-order valence-electron chi connectivity index (χ3n) is 5.59. The van der Waals surface area contributed by atoms with E-state index in [4.69, 9.17) is 0 Å². The van der Waals surface area contributed by atoms with Crippen molar-refractivity contribution in [2.24, 2.45) is 23.2 Å². The molecule has 0 aliphatic carbocycles. The lowest BCUT2D eigenvalue weighted by molar-refractivity contribution is 0.152. The van der Waals surface area contributed by atoms with Crippen molar-refractivity contribution in [2.75, 3.05) is 19.6 Å². The second kappa shape index (κ2) is 6.58. The molecule has 0 amide bonds. The van der Waals surface area contributed by atoms with E-state index in [1.807, 2.05) is 0 Å². The second-order valence-corrected chi connectivity index (χ2v) is 8.05. The monoisotopic (exact) mass is 266 g/mol. The number of piperidine rings is 2. The molecule has 2 heteroatoms. The summed E-state index contributed by atoms with van der Waals surface area (Å²) in [4.78, 5) is 0. The molecule has 2 heterocycles. The fourth-order valence-electron chi connectivity index (χ4n) is 3.91. The Hall–Kier alpha value is -0.0800. The Morgan fingerprint density at radius 2 is 1.74 bits per heavy atom. The van der Waals surface area contributed by atoms with Crippen molar-refractivity contribution >= 4 is 0 Å². The number of rotatable bonds is 3. The van der Waals surface area contributed by atoms with E-state index in [9.17, 15) is 0 Å². The van der Waals surface area contributed by atoms with Gasteiger partial charge in [0.25, 0.3) is 0 Å². The van der Waals surface area contributed by atoms with Crippen LogP contribution in [0.5, 0.6) is 0 Å². The fourth-order valence-corrected chi connectivity index (χ4v) is 3.91. The van der Waals surface area contributed by atoms with E-state index in [2.05, 4.69) is 38.3 Å². The number of nitrogens with one attached hydrogen (secondary N) is 2. The summed E-state index contributed by atoms with van der Waals surface area (Å²) in [6.45, 7) is 13.3. The molecule has 2 fully saturated rings. The first-order valence-electron chi connectivity index (χ1n) is 8.41. The lowest BCUT2D eigenvalue weighted by Crippen LogP contribution is -2.44. The quantitative estimate of drug-likeness (QED) is 0.818. The minimum absolute atomic E-state index is 0.471. The molecule has 0 aromatic heterocycles. The van der Waals surface area contributed by atoms with Crippen molar-refractivity contribution in [1.82, 2.24) is 10.6 Å². The van der Waals surface area contributed by atoms with Gasteiger partial charge in [-0.25, -0.2) is 0 Å². The molecule has 2 nitrogen and oxygen atoms in total. The van der Waals surface area contributed by atoms with Gasteiger partial charge in [-0.1, -0.05) is 27.7 Å². The molecule has 3 unspecified atom stereocenters. The molecular formula is C17H34N2. The molecule has 19 heavy (non-hydrogen) atoms. The van der Waals surface area contributed by atoms with Gasteiger partial charge in [0.1, 0.15) is 0 Å². The van der Waals surface area contributed by atoms with E-state index in [0.29, 0.717) is 5.41 Å². The van der Waals surface area contributed by atoms with Gasteiger partial charge in [-0.2, -0.15) is 0 Å². The first-order valence-corrected chi connectivity index (χ1v) is 8.41. The standard InChI is InChI=1S/C17H34N2/c1-13(14-7-9-18-10-8-14)11-16-6-5-15(12-19-16)17(2,3)4/h13-16,18-19H,5-12H2,1-4H3. The van der Waals surface area contributed by atoms with E-state index < -0.39 is 0 Å². The Morgan fingerprint density at radius 3 is 2.26 bits per heavy atom. The molecule has 3 atom stereocenters. The van der Waals surface area contributed by atoms with Gasteiger partial charge in [-0.3, -0.25) is 0 Å². The summed E-state index contributed by atoms with van der Waals surface area (Å²) < 4.78 is 0. The summed E-state index contributed by atoms with van der Waals surface area (Å²) >= 11 is 0. The Morgan fingerprint density at radius 1 is 1.05 bits per heavy atom. The largest absolute Gasteiger partial charge is 0.317 e. The molecule has 0 spiro atoms. The van der Waals surface area contributed by atoms with Gasteiger partial charge in [-0.05, 0) is 74.9 Å². The van der Waals surface area contributed by atoms with Crippen molar-refractivity contribution in [3.8, 4) is 0 Å². The van der Waals surface area contributed by atoms with Crippen LogP contribution in [-0.4, -0.2) is 25.7 Å². The lowest BCUT2D eigenvalue weighted by atomic mass is 9.74. The van der Waals surface area contributed by atoms with Gasteiger partial charge >= 0.3 is 0 Å². The zero-order valence-corrected chi connectivity index (χ0v) is 13.5. The predicted molar refractivity (Wildman–Crippen MR) is 83.3 cm³/mol. The van der Waals surface area contributed by atoms with Gasteiger partial charge in [0.15, 0.2) is 0 Å². The Labute approximate surface area is 120 Å². The molecule has 0 bridgehead atoms. The van der Waals surface area contributed by atoms with Crippen LogP contribution in [0.4, 0.5) is 0 Å². The van der Waals surface area contributed by atoms with Crippen LogP contribution in [0.3, 0.4) is 0 Å². The van der Waals surface area contributed by atoms with Crippen molar-refractivity contribution in [3.63, 3.8) is 0 Å². The average Bonchev–Trinajstić information content (AvgIpc) is 2.39. The van der Waals surface area contributed by atoms with Crippen LogP contribution < -0.4 is 10.6 Å². The minimum atomic E-state index is 0.471. The summed E-state index contributed by atoms with van der Waals surface area (Å²) in [6, 6.07) is 0.781. The highest BCUT2D eigenvalue weighted by Crippen LogP contribution is 2.34. The minimum Gasteiger partial charge on any atom is -0.317 e. The Balaban J connectivity index is 1.73. The SMILES string of the molecule is CC(CC1CCC(C(C)(C)C)CN1)C1CCNCC1. The summed E-state index contributed by atoms with van der Waals surface area (Å²) in [5, 5.41) is 7.31. The maximum atomic E-state index is 3.83. The lowest BCUT2D eigenvalue weighted by Gasteiger charge is -2.39. The van der Waals surface area contributed by atoms with Crippen LogP contribution in [0.25, 0.3) is 0 Å². The molecule has 2 aliphatic rings. The van der Waals surface area contributed by atoms with E-state index in [1.165, 1.54) is 51.7 Å². The van der Waals surface area contributed by atoms with Crippen molar-refractivity contribution < 1.29 is 0 Å². The van der Waals surface area contributed by atoms with Crippen molar-refractivity contribution in [2.45, 2.75) is 65.8 Å². The number of hydrogen-bond acceptors (Lipinski definition) is 2. The van der Waals surface area contributed by atoms with Crippen LogP contribution in [0.2, 0.25) is 0 Å². The maximum absolute atomic E-state index is 3.83. The van der Waals surface area contributed by atoms with Gasteiger partial charge in [0.2, 0.25) is 0 Å². The van der Waals surface area contributed by atoms with E-state index in [-0.39, 0.29) is 0 Å². The molecule has 0 saturated carbocycles. The third-order valence-corrected chi connectivity index (χ3v) is 5.59. The smallest absolute Gasteiger partial charge is 0.00699 e. The van der Waals surface area contributed by atoms with E-state index in [1.54, 1.807) is 0 Å². The van der Waals surface area contributed by atoms with Crippen LogP contribution in [0.1, 0.15) is 59.8 Å². The molecule has 0 radical (unpaired) electrons. The highest BCUT2D eigenvalue weighted by Gasteiger charge is 2.31. The zero-order valence-electron chi connectivity index (χ0n) is 13.5. The Kier molecular flexibility index (Phi) is 5.30. The Bertz CT molecular complexity index is 255. The molecule has 0 aromatic carbocycles. The normalized spacial score (nSPS) is 32.2. The summed E-state index contributed by atoms with van der Waals surface area (Å²) in [7, 11) is 0. The van der Waals surface area contributed by atoms with Crippen LogP contribution in [-0.2, 0) is 0 Å². The van der Waals surface area contributed by atoms with Crippen LogP contribution in [0, 0.1) is 23.2 Å². The zero-order chi connectivity index (χ0) is 13.9. The average molecular weight is 266 g/mol. The molecule has 2 rings (SSSR count). The molecule has 2 N–H and O–H groups in total. The predicted octanol–water partition coefficient (Wildman–Crippen LogP) is 3.43. The van der Waals surface area contributed by atoms with E-state index in [0.717, 1.165) is 23.8 Å². The van der Waals surface area contributed by atoms with Gasteiger partial charge in [0, 0.05) is 6.04 Å². The number of hydrogen-bond donors (Lipinski definition) is 2. The highest BCUT2D eigenvalue weighted by molar-refractivity contribution is 4.86. The van der Waals surface area contributed by atoms with Gasteiger partial charge in [0.05, 0.1) is 0 Å². The summed E-state index contributed by atoms with van der Waals surface area (Å²) in [6.07, 6.45) is 6.97. The van der Waals surface area contributed by atoms with Crippen LogP contribution in [0.15, 0.2) is 0 Å². The highest BCUT2D eigenvalue weighted by atomic mass is 14.9. The molecule has 2 saturated heterocycles. The molecule has 112 valence electrons. The third kappa shape index (κ3) is 4.46. The second-order valence-electron chi connectivity index (χ2n) is 8.05. The molecular weight excluding hydrogens is 232 g/mol. The molecule has 2 aliphatic heterocycles. The van der Waals surface area contributed by atoms with E-state index >= 15 is 0 Å². The van der Waals surface area contributed by atoms with Crippen molar-refractivity contribution in [3.05, 3.63) is 0 Å².